The summed E-state index contributed by atoms with van der Waals surface area (Å²) < 4.78 is 0. The molecule has 3 heteroatoms. The number of aromatic nitrogens is 2. The van der Waals surface area contributed by atoms with Crippen LogP contribution in [0.4, 0.5) is 0 Å². The number of nitrogens with zero attached hydrogens (tertiary/aromatic N) is 2. The lowest BCUT2D eigenvalue weighted by Crippen LogP contribution is -2.25. The number of hydrogen-bond acceptors (Lipinski definition) is 3. The third kappa shape index (κ3) is 2.51. The zero-order valence-electron chi connectivity index (χ0n) is 9.20. The number of nitrogens with two attached hydrogens (primary N) is 1. The van der Waals surface area contributed by atoms with Crippen LogP contribution in [0.2, 0.25) is 0 Å². The maximum Gasteiger partial charge on any atom is 0.115 e. The Balaban J connectivity index is 2.92. The van der Waals surface area contributed by atoms with Gasteiger partial charge in [0.2, 0.25) is 0 Å². The minimum absolute atomic E-state index is 0.152. The molecule has 14 heavy (non-hydrogen) atoms. The molecule has 0 spiro atoms. The molecule has 0 aliphatic rings. The minimum atomic E-state index is 0.152. The van der Waals surface area contributed by atoms with Gasteiger partial charge in [-0.3, -0.25) is 0 Å². The second-order valence-corrected chi connectivity index (χ2v) is 3.66. The van der Waals surface area contributed by atoms with Gasteiger partial charge < -0.3 is 5.73 Å². The van der Waals surface area contributed by atoms with Gasteiger partial charge in [0.25, 0.3) is 0 Å². The van der Waals surface area contributed by atoms with Crippen molar-refractivity contribution in [1.82, 2.24) is 9.97 Å². The van der Waals surface area contributed by atoms with Crippen molar-refractivity contribution < 1.29 is 0 Å². The highest BCUT2D eigenvalue weighted by molar-refractivity contribution is 5.14. The summed E-state index contributed by atoms with van der Waals surface area (Å²) in [7, 11) is 0. The summed E-state index contributed by atoms with van der Waals surface area (Å²) in [6.45, 7) is 6.27. The second kappa shape index (κ2) is 5.05. The van der Waals surface area contributed by atoms with Crippen molar-refractivity contribution in [3.63, 3.8) is 0 Å². The first-order valence-corrected chi connectivity index (χ1v) is 5.25. The van der Waals surface area contributed by atoms with Gasteiger partial charge >= 0.3 is 0 Å². The van der Waals surface area contributed by atoms with E-state index in [4.69, 9.17) is 5.73 Å². The van der Waals surface area contributed by atoms with Crippen molar-refractivity contribution in [2.45, 2.75) is 45.6 Å². The highest BCUT2D eigenvalue weighted by Gasteiger charge is 2.15. The van der Waals surface area contributed by atoms with Gasteiger partial charge in [-0.25, -0.2) is 9.97 Å². The predicted octanol–water partition coefficient (Wildman–Crippen LogP) is 1.88. The van der Waals surface area contributed by atoms with Crippen molar-refractivity contribution >= 4 is 0 Å². The van der Waals surface area contributed by atoms with Crippen LogP contribution < -0.4 is 5.73 Å². The van der Waals surface area contributed by atoms with Crippen LogP contribution in [-0.2, 0) is 6.42 Å². The zero-order chi connectivity index (χ0) is 10.6. The summed E-state index contributed by atoms with van der Waals surface area (Å²) >= 11 is 0. The van der Waals surface area contributed by atoms with Crippen LogP contribution in [0.1, 0.15) is 44.5 Å². The fourth-order valence-electron chi connectivity index (χ4n) is 1.66. The van der Waals surface area contributed by atoms with Gasteiger partial charge in [-0.05, 0) is 25.8 Å². The van der Waals surface area contributed by atoms with Gasteiger partial charge in [0, 0.05) is 23.3 Å². The number of hydrogen-bond donors (Lipinski definition) is 1. The number of aryl methyl sites for hydroxylation is 1. The lowest BCUT2D eigenvalue weighted by Gasteiger charge is -2.18. The third-order valence-corrected chi connectivity index (χ3v) is 2.56. The molecule has 2 atom stereocenters. The van der Waals surface area contributed by atoms with Crippen LogP contribution in [-0.4, -0.2) is 16.0 Å². The summed E-state index contributed by atoms with van der Waals surface area (Å²) in [5.74, 6) is 0.350. The van der Waals surface area contributed by atoms with E-state index in [9.17, 15) is 0 Å². The minimum Gasteiger partial charge on any atom is -0.327 e. The topological polar surface area (TPSA) is 51.8 Å². The Morgan fingerprint density at radius 2 is 2.07 bits per heavy atom. The average Bonchev–Trinajstić information content (AvgIpc) is 2.19. The normalized spacial score (nSPS) is 15.1. The Bertz CT molecular complexity index is 284. The van der Waals surface area contributed by atoms with E-state index in [-0.39, 0.29) is 6.04 Å². The SMILES string of the molecule is CCc1cc(C(CC)C(C)N)ncn1. The first-order chi connectivity index (χ1) is 6.69. The summed E-state index contributed by atoms with van der Waals surface area (Å²) in [5.41, 5.74) is 8.08. The van der Waals surface area contributed by atoms with Crippen LogP contribution in [0.3, 0.4) is 0 Å². The van der Waals surface area contributed by atoms with E-state index >= 15 is 0 Å². The Labute approximate surface area is 85.8 Å². The zero-order valence-corrected chi connectivity index (χ0v) is 9.20. The van der Waals surface area contributed by atoms with Gasteiger partial charge in [-0.2, -0.15) is 0 Å². The molecular formula is C11H19N3. The van der Waals surface area contributed by atoms with Gasteiger partial charge in [0.15, 0.2) is 0 Å². The molecule has 1 heterocycles. The predicted molar refractivity (Wildman–Crippen MR) is 58.1 cm³/mol. The van der Waals surface area contributed by atoms with Crippen LogP contribution in [0.15, 0.2) is 12.4 Å². The second-order valence-electron chi connectivity index (χ2n) is 3.66. The molecule has 0 fully saturated rings. The average molecular weight is 193 g/mol. The molecule has 2 unspecified atom stereocenters. The Morgan fingerprint density at radius 1 is 1.36 bits per heavy atom. The van der Waals surface area contributed by atoms with Gasteiger partial charge in [-0.1, -0.05) is 13.8 Å². The van der Waals surface area contributed by atoms with Gasteiger partial charge in [-0.15, -0.1) is 0 Å². The molecule has 0 saturated carbocycles. The summed E-state index contributed by atoms with van der Waals surface area (Å²) in [6.07, 6.45) is 3.61. The molecule has 2 N–H and O–H groups in total. The monoisotopic (exact) mass is 193 g/mol. The summed E-state index contributed by atoms with van der Waals surface area (Å²) in [5, 5.41) is 0. The van der Waals surface area contributed by atoms with E-state index < -0.39 is 0 Å². The molecule has 0 radical (unpaired) electrons. The maximum absolute atomic E-state index is 5.91. The lowest BCUT2D eigenvalue weighted by molar-refractivity contribution is 0.538. The first-order valence-electron chi connectivity index (χ1n) is 5.25. The molecule has 0 bridgehead atoms. The molecule has 0 saturated heterocycles. The molecule has 1 aromatic heterocycles. The summed E-state index contributed by atoms with van der Waals surface area (Å²) in [6, 6.07) is 2.22. The van der Waals surface area contributed by atoms with Gasteiger partial charge in [0.05, 0.1) is 0 Å². The number of rotatable bonds is 4. The van der Waals surface area contributed by atoms with Gasteiger partial charge in [0.1, 0.15) is 6.33 Å². The van der Waals surface area contributed by atoms with E-state index in [2.05, 4.69) is 29.9 Å². The van der Waals surface area contributed by atoms with Crippen molar-refractivity contribution in [2.24, 2.45) is 5.73 Å². The molecular weight excluding hydrogens is 174 g/mol. The third-order valence-electron chi connectivity index (χ3n) is 2.56. The lowest BCUT2D eigenvalue weighted by atomic mass is 9.94. The van der Waals surface area contributed by atoms with Crippen molar-refractivity contribution in [1.29, 1.82) is 0 Å². The van der Waals surface area contributed by atoms with E-state index in [1.807, 2.05) is 6.92 Å². The Hall–Kier alpha value is -0.960. The maximum atomic E-state index is 5.91. The van der Waals surface area contributed by atoms with E-state index in [0.717, 1.165) is 24.2 Å². The molecule has 0 aliphatic carbocycles. The molecule has 0 aliphatic heterocycles. The highest BCUT2D eigenvalue weighted by atomic mass is 14.8. The van der Waals surface area contributed by atoms with Crippen LogP contribution in [0.5, 0.6) is 0 Å². The molecule has 1 rings (SSSR count). The van der Waals surface area contributed by atoms with Crippen molar-refractivity contribution in [2.75, 3.05) is 0 Å². The summed E-state index contributed by atoms with van der Waals surface area (Å²) in [4.78, 5) is 8.47. The van der Waals surface area contributed by atoms with Crippen LogP contribution in [0.25, 0.3) is 0 Å². The highest BCUT2D eigenvalue weighted by Crippen LogP contribution is 2.20. The standard InChI is InChI=1S/C11H19N3/c1-4-9-6-11(14-7-13-9)10(5-2)8(3)12/h6-8,10H,4-5,12H2,1-3H3. The van der Waals surface area contributed by atoms with Crippen LogP contribution >= 0.6 is 0 Å². The Kier molecular flexibility index (Phi) is 4.01. The van der Waals surface area contributed by atoms with E-state index in [0.29, 0.717) is 5.92 Å². The largest absolute Gasteiger partial charge is 0.327 e. The van der Waals surface area contributed by atoms with Crippen LogP contribution in [0, 0.1) is 0 Å². The Morgan fingerprint density at radius 3 is 2.57 bits per heavy atom. The first kappa shape index (κ1) is 11.1. The molecule has 3 nitrogen and oxygen atoms in total. The fraction of sp³-hybridized carbons (Fsp3) is 0.636. The smallest absolute Gasteiger partial charge is 0.115 e. The molecule has 0 aromatic carbocycles. The van der Waals surface area contributed by atoms with E-state index in [1.54, 1.807) is 6.33 Å². The van der Waals surface area contributed by atoms with Crippen molar-refractivity contribution in [3.8, 4) is 0 Å². The fourth-order valence-corrected chi connectivity index (χ4v) is 1.66. The van der Waals surface area contributed by atoms with Crippen molar-refractivity contribution in [3.05, 3.63) is 23.8 Å². The van der Waals surface area contributed by atoms with E-state index in [1.165, 1.54) is 0 Å². The quantitative estimate of drug-likeness (QED) is 0.794. The molecule has 1 aromatic rings. The molecule has 0 amide bonds. The molecule has 78 valence electrons.